The minimum Gasteiger partial charge on any atom is -0.494 e. The maximum atomic E-state index is 12.8. The normalized spacial score (nSPS) is 11.1. The van der Waals surface area contributed by atoms with Crippen molar-refractivity contribution in [1.29, 1.82) is 0 Å². The van der Waals surface area contributed by atoms with Gasteiger partial charge in [0.15, 0.2) is 5.82 Å². The van der Waals surface area contributed by atoms with Crippen molar-refractivity contribution in [3.05, 3.63) is 96.7 Å². The predicted molar refractivity (Wildman–Crippen MR) is 135 cm³/mol. The Labute approximate surface area is 206 Å². The molecule has 10 heteroatoms. The Morgan fingerprint density at radius 1 is 1.08 bits per heavy atom. The number of ether oxygens (including phenoxy) is 1. The van der Waals surface area contributed by atoms with E-state index in [9.17, 15) is 4.79 Å². The SMILES string of the molecule is COc1ccc(NC(=O)/C=C/c2cn(-c3ccccc3)nc2-c2cccnc2)cc1-n1nnnc1C. The van der Waals surface area contributed by atoms with Gasteiger partial charge in [-0.2, -0.15) is 9.78 Å². The van der Waals surface area contributed by atoms with Gasteiger partial charge in [-0.25, -0.2) is 4.68 Å². The third-order valence-corrected chi connectivity index (χ3v) is 5.41. The molecule has 2 aromatic carbocycles. The van der Waals surface area contributed by atoms with Crippen LogP contribution in [0.3, 0.4) is 0 Å². The predicted octanol–water partition coefficient (Wildman–Crippen LogP) is 3.88. The van der Waals surface area contributed by atoms with E-state index in [0.29, 0.717) is 22.9 Å². The second-order valence-electron chi connectivity index (χ2n) is 7.80. The number of aryl methyl sites for hydroxylation is 1. The molecule has 0 aliphatic rings. The van der Waals surface area contributed by atoms with Crippen molar-refractivity contribution in [2.75, 3.05) is 12.4 Å². The number of rotatable bonds is 7. The molecule has 3 heterocycles. The van der Waals surface area contributed by atoms with E-state index in [2.05, 4.69) is 25.8 Å². The first-order valence-corrected chi connectivity index (χ1v) is 11.1. The average Bonchev–Trinajstić information content (AvgIpc) is 3.55. The molecule has 0 fully saturated rings. The molecular weight excluding hydrogens is 456 g/mol. The summed E-state index contributed by atoms with van der Waals surface area (Å²) < 4.78 is 8.75. The number of aromatic nitrogens is 7. The number of hydrogen-bond donors (Lipinski definition) is 1. The van der Waals surface area contributed by atoms with Crippen LogP contribution in [0.4, 0.5) is 5.69 Å². The Kier molecular flexibility index (Phi) is 6.31. The summed E-state index contributed by atoms with van der Waals surface area (Å²) in [7, 11) is 1.56. The van der Waals surface area contributed by atoms with Crippen LogP contribution in [0.15, 0.2) is 85.3 Å². The van der Waals surface area contributed by atoms with Crippen LogP contribution in [-0.4, -0.2) is 48.0 Å². The van der Waals surface area contributed by atoms with Crippen molar-refractivity contribution in [1.82, 2.24) is 35.0 Å². The summed E-state index contributed by atoms with van der Waals surface area (Å²) in [4.78, 5) is 17.0. The number of methoxy groups -OCH3 is 1. The number of para-hydroxylation sites is 1. The van der Waals surface area contributed by atoms with Gasteiger partial charge in [-0.05, 0) is 65.9 Å². The number of amides is 1. The van der Waals surface area contributed by atoms with E-state index in [1.807, 2.05) is 48.7 Å². The lowest BCUT2D eigenvalue weighted by Crippen LogP contribution is -2.09. The third kappa shape index (κ3) is 4.73. The molecule has 0 atom stereocenters. The number of carbonyl (C=O) groups excluding carboxylic acids is 1. The number of nitrogens with one attached hydrogen (secondary N) is 1. The van der Waals surface area contributed by atoms with Crippen molar-refractivity contribution in [2.45, 2.75) is 6.92 Å². The Hall–Kier alpha value is -5.12. The summed E-state index contributed by atoms with van der Waals surface area (Å²) in [6.45, 7) is 1.78. The van der Waals surface area contributed by atoms with Crippen LogP contribution >= 0.6 is 0 Å². The summed E-state index contributed by atoms with van der Waals surface area (Å²) in [6, 6.07) is 18.8. The van der Waals surface area contributed by atoms with E-state index < -0.39 is 0 Å². The topological polar surface area (TPSA) is 113 Å². The van der Waals surface area contributed by atoms with Gasteiger partial charge in [0.2, 0.25) is 5.91 Å². The fourth-order valence-electron chi connectivity index (χ4n) is 3.69. The minimum atomic E-state index is -0.302. The lowest BCUT2D eigenvalue weighted by atomic mass is 10.1. The molecule has 0 aliphatic heterocycles. The summed E-state index contributed by atoms with van der Waals surface area (Å²) in [5.74, 6) is 0.868. The van der Waals surface area contributed by atoms with Crippen molar-refractivity contribution < 1.29 is 9.53 Å². The van der Waals surface area contributed by atoms with Crippen LogP contribution in [0.5, 0.6) is 5.75 Å². The lowest BCUT2D eigenvalue weighted by Gasteiger charge is -2.11. The average molecular weight is 479 g/mol. The van der Waals surface area contributed by atoms with Gasteiger partial charge in [-0.1, -0.05) is 18.2 Å². The first-order chi connectivity index (χ1) is 17.6. The molecule has 0 aliphatic carbocycles. The largest absolute Gasteiger partial charge is 0.494 e. The molecule has 5 rings (SSSR count). The maximum absolute atomic E-state index is 12.8. The summed E-state index contributed by atoms with van der Waals surface area (Å²) in [6.07, 6.45) is 8.54. The van der Waals surface area contributed by atoms with Gasteiger partial charge in [-0.15, -0.1) is 5.10 Å². The summed E-state index contributed by atoms with van der Waals surface area (Å²) in [5, 5.41) is 19.2. The fraction of sp³-hybridized carbons (Fsp3) is 0.0769. The van der Waals surface area contributed by atoms with Gasteiger partial charge < -0.3 is 10.1 Å². The zero-order valence-electron chi connectivity index (χ0n) is 19.6. The lowest BCUT2D eigenvalue weighted by molar-refractivity contribution is -0.111. The molecule has 10 nitrogen and oxygen atoms in total. The highest BCUT2D eigenvalue weighted by Gasteiger charge is 2.13. The van der Waals surface area contributed by atoms with E-state index in [1.165, 1.54) is 6.08 Å². The number of tetrazole rings is 1. The molecule has 36 heavy (non-hydrogen) atoms. The third-order valence-electron chi connectivity index (χ3n) is 5.41. The first kappa shape index (κ1) is 22.7. The minimum absolute atomic E-state index is 0.302. The van der Waals surface area contributed by atoms with Crippen molar-refractivity contribution in [2.24, 2.45) is 0 Å². The molecule has 1 N–H and O–H groups in total. The molecule has 0 bridgehead atoms. The van der Waals surface area contributed by atoms with Crippen molar-refractivity contribution in [3.8, 4) is 28.4 Å². The van der Waals surface area contributed by atoms with Gasteiger partial charge in [0.25, 0.3) is 0 Å². The van der Waals surface area contributed by atoms with E-state index in [4.69, 9.17) is 9.84 Å². The highest BCUT2D eigenvalue weighted by atomic mass is 16.5. The maximum Gasteiger partial charge on any atom is 0.248 e. The van der Waals surface area contributed by atoms with Crippen LogP contribution in [-0.2, 0) is 4.79 Å². The number of nitrogens with zero attached hydrogens (tertiary/aromatic N) is 7. The van der Waals surface area contributed by atoms with E-state index in [0.717, 1.165) is 22.5 Å². The molecule has 0 spiro atoms. The van der Waals surface area contributed by atoms with Crippen LogP contribution < -0.4 is 10.1 Å². The monoisotopic (exact) mass is 478 g/mol. The molecule has 178 valence electrons. The Morgan fingerprint density at radius 3 is 2.67 bits per heavy atom. The molecule has 1 amide bonds. The number of carbonyl (C=O) groups is 1. The van der Waals surface area contributed by atoms with Crippen molar-refractivity contribution in [3.63, 3.8) is 0 Å². The van der Waals surface area contributed by atoms with Crippen LogP contribution in [0.1, 0.15) is 11.4 Å². The highest BCUT2D eigenvalue weighted by Crippen LogP contribution is 2.27. The molecule has 0 unspecified atom stereocenters. The number of anilines is 1. The molecular formula is C26H22N8O2. The van der Waals surface area contributed by atoms with E-state index >= 15 is 0 Å². The van der Waals surface area contributed by atoms with E-state index in [-0.39, 0.29) is 5.91 Å². The number of benzene rings is 2. The zero-order chi connectivity index (χ0) is 24.9. The number of hydrogen-bond acceptors (Lipinski definition) is 7. The van der Waals surface area contributed by atoms with Crippen LogP contribution in [0.2, 0.25) is 0 Å². The van der Waals surface area contributed by atoms with Crippen LogP contribution in [0, 0.1) is 6.92 Å². The number of pyridine rings is 1. The van der Waals surface area contributed by atoms with Gasteiger partial charge >= 0.3 is 0 Å². The van der Waals surface area contributed by atoms with Gasteiger partial charge in [0, 0.05) is 41.5 Å². The Bertz CT molecular complexity index is 1520. The quantitative estimate of drug-likeness (QED) is 0.353. The van der Waals surface area contributed by atoms with Gasteiger partial charge in [0.05, 0.1) is 12.8 Å². The smallest absolute Gasteiger partial charge is 0.248 e. The highest BCUT2D eigenvalue weighted by molar-refractivity contribution is 6.02. The summed E-state index contributed by atoms with van der Waals surface area (Å²) >= 11 is 0. The van der Waals surface area contributed by atoms with Crippen molar-refractivity contribution >= 4 is 17.7 Å². The fourth-order valence-corrected chi connectivity index (χ4v) is 3.69. The first-order valence-electron chi connectivity index (χ1n) is 11.1. The molecule has 0 saturated heterocycles. The second kappa shape index (κ2) is 10.0. The van der Waals surface area contributed by atoms with E-state index in [1.54, 1.807) is 60.1 Å². The second-order valence-corrected chi connectivity index (χ2v) is 7.80. The summed E-state index contributed by atoms with van der Waals surface area (Å²) in [5.41, 5.74) is 4.45. The Morgan fingerprint density at radius 2 is 1.94 bits per heavy atom. The molecule has 3 aromatic heterocycles. The molecule has 0 radical (unpaired) electrons. The Balaban J connectivity index is 1.42. The molecule has 5 aromatic rings. The van der Waals surface area contributed by atoms with Crippen LogP contribution in [0.25, 0.3) is 28.7 Å². The van der Waals surface area contributed by atoms with Gasteiger partial charge in [0.1, 0.15) is 17.1 Å². The molecule has 0 saturated carbocycles. The standard InChI is InChI=1S/C26H22N8O2/c1-18-29-31-32-34(18)23-15-21(11-12-24(23)36-2)28-25(35)13-10-20-17-33(22-8-4-3-5-9-22)30-26(20)19-7-6-14-27-16-19/h3-17H,1-2H3,(H,28,35)/b13-10+. The zero-order valence-corrected chi connectivity index (χ0v) is 19.6. The van der Waals surface area contributed by atoms with Gasteiger partial charge in [-0.3, -0.25) is 9.78 Å².